The van der Waals surface area contributed by atoms with Crippen LogP contribution >= 0.6 is 0 Å². The third kappa shape index (κ3) is 8.93. The van der Waals surface area contributed by atoms with Gasteiger partial charge in [0.05, 0.1) is 29.6 Å². The fourth-order valence-corrected chi connectivity index (χ4v) is 5.97. The van der Waals surface area contributed by atoms with Crippen LogP contribution in [0.1, 0.15) is 77.5 Å². The molecule has 0 saturated heterocycles. The Hall–Kier alpha value is -5.32. The Labute approximate surface area is 298 Å². The lowest BCUT2D eigenvalue weighted by Crippen LogP contribution is -2.49. The summed E-state index contributed by atoms with van der Waals surface area (Å²) in [5.74, 6) is -2.44. The average Bonchev–Trinajstić information content (AvgIpc) is 3.54. The molecule has 3 atom stereocenters. The molecule has 1 N–H and O–H groups in total. The van der Waals surface area contributed by atoms with Gasteiger partial charge in [-0.05, 0) is 95.3 Å². The number of Topliss-reactive ketones (excluding diaryl/α,β-unsaturated/α-hetero) is 1. The highest BCUT2D eigenvalue weighted by Crippen LogP contribution is 2.41. The Morgan fingerprint density at radius 3 is 2.37 bits per heavy atom. The predicted molar refractivity (Wildman–Crippen MR) is 181 cm³/mol. The second-order valence-electron chi connectivity index (χ2n) is 14.7. The minimum absolute atomic E-state index is 0.00554. The topological polar surface area (TPSA) is 140 Å². The first-order chi connectivity index (χ1) is 24.1. The smallest absolute Gasteiger partial charge is 0.408 e. The minimum Gasteiger partial charge on any atom is -0.444 e. The molecule has 52 heavy (non-hydrogen) atoms. The second-order valence-corrected chi connectivity index (χ2v) is 14.7. The van der Waals surface area contributed by atoms with E-state index in [2.05, 4.69) is 25.2 Å². The van der Waals surface area contributed by atoms with Gasteiger partial charge in [-0.2, -0.15) is 14.0 Å². The number of rotatable bonds is 8. The van der Waals surface area contributed by atoms with Crippen molar-refractivity contribution in [3.05, 3.63) is 83.1 Å². The number of ether oxygens (including phenoxy) is 2. The molecule has 274 valence electrons. The van der Waals surface area contributed by atoms with Crippen molar-refractivity contribution in [1.82, 2.24) is 20.5 Å². The van der Waals surface area contributed by atoms with E-state index in [1.165, 1.54) is 31.3 Å². The first-order valence-electron chi connectivity index (χ1n) is 16.6. The highest BCUT2D eigenvalue weighted by Gasteiger charge is 2.42. The zero-order valence-corrected chi connectivity index (χ0v) is 29.8. The van der Waals surface area contributed by atoms with Gasteiger partial charge >= 0.3 is 12.2 Å². The second kappa shape index (κ2) is 14.0. The quantitative estimate of drug-likeness (QED) is 0.178. The first kappa shape index (κ1) is 37.9. The van der Waals surface area contributed by atoms with Crippen molar-refractivity contribution in [2.75, 3.05) is 0 Å². The number of nitrogens with one attached hydrogen (secondary N) is 1. The number of pyridine rings is 1. The highest BCUT2D eigenvalue weighted by molar-refractivity contribution is 5.90. The summed E-state index contributed by atoms with van der Waals surface area (Å²) in [6, 6.07) is 13.2. The maximum Gasteiger partial charge on any atom is 0.408 e. The zero-order valence-electron chi connectivity index (χ0n) is 29.8. The molecule has 5 rings (SSSR count). The van der Waals surface area contributed by atoms with E-state index in [-0.39, 0.29) is 41.5 Å². The number of carbonyl (C=O) groups excluding carboxylic acids is 2. The van der Waals surface area contributed by atoms with Crippen LogP contribution in [0.3, 0.4) is 0 Å². The van der Waals surface area contributed by atoms with Crippen LogP contribution in [0.2, 0.25) is 0 Å². The number of alkyl halides is 3. The van der Waals surface area contributed by atoms with Gasteiger partial charge in [-0.25, -0.2) is 13.6 Å². The molecule has 0 bridgehead atoms. The van der Waals surface area contributed by atoms with Gasteiger partial charge in [0, 0.05) is 24.8 Å². The molecule has 0 spiro atoms. The molecule has 2 aromatic heterocycles. The van der Waals surface area contributed by atoms with Crippen LogP contribution in [-0.2, 0) is 33.5 Å². The van der Waals surface area contributed by atoms with Crippen LogP contribution in [0, 0.1) is 23.1 Å². The van der Waals surface area contributed by atoms with E-state index in [1.54, 1.807) is 58.9 Å². The third-order valence-corrected chi connectivity index (χ3v) is 8.48. The molecule has 0 fully saturated rings. The molecule has 2 heterocycles. The van der Waals surface area contributed by atoms with Crippen molar-refractivity contribution in [2.45, 2.75) is 96.6 Å². The van der Waals surface area contributed by atoms with Crippen molar-refractivity contribution in [2.24, 2.45) is 5.92 Å². The van der Waals surface area contributed by atoms with Gasteiger partial charge in [0.15, 0.2) is 5.78 Å². The van der Waals surface area contributed by atoms with E-state index in [4.69, 9.17) is 9.15 Å². The Kier molecular flexibility index (Phi) is 10.2. The number of amides is 1. The number of hydrogen-bond acceptors (Lipinski definition) is 9. The summed E-state index contributed by atoms with van der Waals surface area (Å²) < 4.78 is 74.5. The Bertz CT molecular complexity index is 1990. The summed E-state index contributed by atoms with van der Waals surface area (Å²) in [5, 5.41) is 19.9. The molecule has 14 heteroatoms. The highest BCUT2D eigenvalue weighted by atomic mass is 19.3. The van der Waals surface area contributed by atoms with E-state index in [1.807, 2.05) is 6.07 Å². The monoisotopic (exact) mass is 721 g/mol. The first-order valence-corrected chi connectivity index (χ1v) is 16.6. The normalized spacial score (nSPS) is 19.5. The summed E-state index contributed by atoms with van der Waals surface area (Å²) in [5.41, 5.74) is -2.21. The summed E-state index contributed by atoms with van der Waals surface area (Å²) in [6.07, 6.45) is -3.43. The van der Waals surface area contributed by atoms with Crippen LogP contribution in [-0.4, -0.2) is 44.8 Å². The lowest BCUT2D eigenvalue weighted by Gasteiger charge is -2.34. The molecule has 1 aliphatic carbocycles. The predicted octanol–water partition coefficient (Wildman–Crippen LogP) is 8.18. The Morgan fingerprint density at radius 2 is 1.77 bits per heavy atom. The van der Waals surface area contributed by atoms with Crippen molar-refractivity contribution >= 4 is 11.9 Å². The van der Waals surface area contributed by atoms with Gasteiger partial charge in [-0.1, -0.05) is 24.3 Å². The number of aromatic nitrogens is 3. The molecule has 1 aliphatic rings. The molecule has 2 unspecified atom stereocenters. The van der Waals surface area contributed by atoms with Crippen LogP contribution in [0.25, 0.3) is 22.7 Å². The molecule has 4 aromatic rings. The van der Waals surface area contributed by atoms with Gasteiger partial charge < -0.3 is 19.2 Å². The lowest BCUT2D eigenvalue weighted by molar-refractivity contribution is -0.159. The number of fused-ring (bicyclic) bond motifs is 1. The van der Waals surface area contributed by atoms with Crippen molar-refractivity contribution in [3.8, 4) is 34.5 Å². The van der Waals surface area contributed by atoms with Gasteiger partial charge in [0.1, 0.15) is 28.3 Å². The van der Waals surface area contributed by atoms with Gasteiger partial charge in [-0.15, -0.1) is 10.2 Å². The number of ketones is 1. The largest absolute Gasteiger partial charge is 0.444 e. The lowest BCUT2D eigenvalue weighted by atomic mass is 9.75. The number of hydrogen-bond donors (Lipinski definition) is 1. The van der Waals surface area contributed by atoms with E-state index in [0.29, 0.717) is 23.7 Å². The van der Waals surface area contributed by atoms with Crippen molar-refractivity contribution < 1.29 is 41.0 Å². The number of halogens is 4. The molecule has 0 radical (unpaired) electrons. The maximum atomic E-state index is 16.7. The Balaban J connectivity index is 1.50. The third-order valence-electron chi connectivity index (χ3n) is 8.48. The summed E-state index contributed by atoms with van der Waals surface area (Å²) in [7, 11) is 0. The van der Waals surface area contributed by atoms with Crippen molar-refractivity contribution in [3.63, 3.8) is 0 Å². The van der Waals surface area contributed by atoms with Gasteiger partial charge in [-0.3, -0.25) is 9.78 Å². The Morgan fingerprint density at radius 1 is 1.08 bits per heavy atom. The molecule has 2 aromatic carbocycles. The standard InChI is InChI=1S/C38H39F4N5O5/c1-35(2,3)52-34(49)45-30-18-37(6,40)27-17-28(39)26(32-46-47-33(50-32)36(4,5)20-43)16-23(27)15-24(31(30)48)14-21-8-10-22(11-9-21)29-13-12-25(19-44-29)51-38(7,41)42/h8-13,16-17,19,24,30H,14-15,18H2,1-7H3,(H,45,49)/t24?,30-,37?/m0/s1. The number of benzene rings is 2. The molecule has 1 amide bonds. The average molecular weight is 722 g/mol. The SMILES string of the molecule is CC(C)(C)OC(=O)N[C@H]1CC(C)(F)c2cc(F)c(-c3nnc(C(C)(C)C#N)o3)cc2CC(Cc2ccc(-c3ccc(OC(C)(F)F)cn3)cc2)C1=O. The molecular formula is C38H39F4N5O5. The molecule has 10 nitrogen and oxygen atoms in total. The molecule has 0 saturated carbocycles. The van der Waals surface area contributed by atoms with Crippen molar-refractivity contribution in [1.29, 1.82) is 5.26 Å². The van der Waals surface area contributed by atoms with Crippen LogP contribution in [0.4, 0.5) is 22.4 Å². The van der Waals surface area contributed by atoms with E-state index >= 15 is 8.78 Å². The van der Waals surface area contributed by atoms with E-state index in [0.717, 1.165) is 11.6 Å². The molecule has 0 aliphatic heterocycles. The van der Waals surface area contributed by atoms with Gasteiger partial charge in [0.2, 0.25) is 5.89 Å². The summed E-state index contributed by atoms with van der Waals surface area (Å²) >= 11 is 0. The number of nitrogens with zero attached hydrogens (tertiary/aromatic N) is 4. The van der Waals surface area contributed by atoms with Crippen LogP contribution in [0.15, 0.2) is 59.1 Å². The summed E-state index contributed by atoms with van der Waals surface area (Å²) in [4.78, 5) is 31.3. The van der Waals surface area contributed by atoms with Crippen LogP contribution < -0.4 is 10.1 Å². The summed E-state index contributed by atoms with van der Waals surface area (Å²) in [6.45, 7) is 9.96. The minimum atomic E-state index is -3.36. The number of carbonyl (C=O) groups is 2. The van der Waals surface area contributed by atoms with E-state index in [9.17, 15) is 23.6 Å². The van der Waals surface area contributed by atoms with Gasteiger partial charge in [0.25, 0.3) is 5.89 Å². The van der Waals surface area contributed by atoms with E-state index < -0.39 is 58.9 Å². The molecular weight excluding hydrogens is 682 g/mol. The maximum absolute atomic E-state index is 16.7. The number of nitriles is 1. The fraction of sp³-hybridized carbons (Fsp3) is 0.421. The zero-order chi connectivity index (χ0) is 38.2. The number of alkyl carbamates (subject to hydrolysis) is 1. The van der Waals surface area contributed by atoms with Crippen LogP contribution in [0.5, 0.6) is 5.75 Å². The fourth-order valence-electron chi connectivity index (χ4n) is 5.97.